The quantitative estimate of drug-likeness (QED) is 0.728. The van der Waals surface area contributed by atoms with Crippen molar-refractivity contribution in [3.8, 4) is 5.75 Å². The summed E-state index contributed by atoms with van der Waals surface area (Å²) in [5, 5.41) is 30.4. The van der Waals surface area contributed by atoms with Gasteiger partial charge in [0.1, 0.15) is 5.56 Å². The Morgan fingerprint density at radius 1 is 1.05 bits per heavy atom. The number of aromatic carboxylic acids is 2. The van der Waals surface area contributed by atoms with Crippen molar-refractivity contribution in [2.75, 3.05) is 0 Å². The first-order valence-electron chi connectivity index (χ1n) is 5.05. The molecule has 0 spiro atoms. The Bertz CT molecular complexity index is 722. The summed E-state index contributed by atoms with van der Waals surface area (Å²) >= 11 is 0. The molecule has 0 heterocycles. The second-order valence-electron chi connectivity index (χ2n) is 3.76. The Balaban J connectivity index is 2.89. The highest BCUT2D eigenvalue weighted by atomic mass is 16.4. The molecule has 0 fully saturated rings. The molecule has 0 saturated heterocycles. The first kappa shape index (κ1) is 12.5. The van der Waals surface area contributed by atoms with E-state index in [1.807, 2.05) is 0 Å². The molecule has 0 aromatic heterocycles. The van der Waals surface area contributed by atoms with Crippen LogP contribution in [0.25, 0.3) is 10.8 Å². The topological polar surface area (TPSA) is 124 Å². The van der Waals surface area contributed by atoms with E-state index < -0.39 is 28.9 Å². The predicted octanol–water partition coefficient (Wildman–Crippen LogP) is 2.34. The number of rotatable bonds is 3. The number of nitroso groups, excluding NO2 is 1. The van der Waals surface area contributed by atoms with Gasteiger partial charge in [0.2, 0.25) is 0 Å². The van der Waals surface area contributed by atoms with Gasteiger partial charge < -0.3 is 15.3 Å². The van der Waals surface area contributed by atoms with E-state index in [0.717, 1.165) is 6.07 Å². The van der Waals surface area contributed by atoms with Gasteiger partial charge in [0.05, 0.1) is 5.56 Å². The first-order valence-corrected chi connectivity index (χ1v) is 5.05. The minimum atomic E-state index is -1.44. The number of carboxylic acids is 2. The third kappa shape index (κ3) is 1.97. The fourth-order valence-electron chi connectivity index (χ4n) is 1.77. The van der Waals surface area contributed by atoms with Gasteiger partial charge in [-0.3, -0.25) is 0 Å². The van der Waals surface area contributed by atoms with Gasteiger partial charge >= 0.3 is 11.9 Å². The van der Waals surface area contributed by atoms with Gasteiger partial charge in [-0.1, -0.05) is 6.07 Å². The summed E-state index contributed by atoms with van der Waals surface area (Å²) in [5.74, 6) is -3.37. The summed E-state index contributed by atoms with van der Waals surface area (Å²) in [6, 6.07) is 4.83. The van der Waals surface area contributed by atoms with Gasteiger partial charge in [-0.2, -0.15) is 0 Å². The largest absolute Gasteiger partial charge is 0.505 e. The van der Waals surface area contributed by atoms with Crippen molar-refractivity contribution in [3.05, 3.63) is 40.3 Å². The Morgan fingerprint density at radius 3 is 2.26 bits per heavy atom. The van der Waals surface area contributed by atoms with Crippen molar-refractivity contribution in [3.63, 3.8) is 0 Å². The molecule has 0 amide bonds. The van der Waals surface area contributed by atoms with E-state index in [2.05, 4.69) is 5.18 Å². The molecule has 0 radical (unpaired) electrons. The highest BCUT2D eigenvalue weighted by Gasteiger charge is 2.19. The number of carbonyl (C=O) groups is 2. The van der Waals surface area contributed by atoms with E-state index in [4.69, 9.17) is 10.2 Å². The van der Waals surface area contributed by atoms with Crippen LogP contribution in [0.4, 0.5) is 5.69 Å². The molecular formula is C12H7NO6. The molecule has 7 heteroatoms. The number of aromatic hydroxyl groups is 1. The highest BCUT2D eigenvalue weighted by Crippen LogP contribution is 2.38. The van der Waals surface area contributed by atoms with Crippen LogP contribution >= 0.6 is 0 Å². The number of carboxylic acid groups (broad SMARTS) is 2. The fourth-order valence-corrected chi connectivity index (χ4v) is 1.77. The molecule has 19 heavy (non-hydrogen) atoms. The van der Waals surface area contributed by atoms with Crippen molar-refractivity contribution in [2.45, 2.75) is 0 Å². The number of phenols is 1. The first-order chi connectivity index (χ1) is 8.95. The molecule has 2 rings (SSSR count). The Morgan fingerprint density at radius 2 is 1.74 bits per heavy atom. The van der Waals surface area contributed by atoms with Crippen molar-refractivity contribution in [2.24, 2.45) is 5.18 Å². The zero-order chi connectivity index (χ0) is 14.2. The monoisotopic (exact) mass is 261 g/mol. The molecule has 0 atom stereocenters. The lowest BCUT2D eigenvalue weighted by atomic mass is 10.0. The summed E-state index contributed by atoms with van der Waals surface area (Å²) in [7, 11) is 0. The number of benzene rings is 2. The molecule has 2 aromatic rings. The Labute approximate surface area is 105 Å². The van der Waals surface area contributed by atoms with E-state index in [0.29, 0.717) is 0 Å². The van der Waals surface area contributed by atoms with Crippen LogP contribution in [0.15, 0.2) is 29.4 Å². The van der Waals surface area contributed by atoms with Gasteiger partial charge in [0, 0.05) is 5.39 Å². The van der Waals surface area contributed by atoms with Crippen LogP contribution in [-0.4, -0.2) is 27.3 Å². The molecule has 0 saturated carbocycles. The van der Waals surface area contributed by atoms with E-state index in [1.165, 1.54) is 18.2 Å². The van der Waals surface area contributed by atoms with Crippen LogP contribution in [-0.2, 0) is 0 Å². The molecule has 0 aliphatic heterocycles. The molecular weight excluding hydrogens is 254 g/mol. The van der Waals surface area contributed by atoms with Crippen LogP contribution < -0.4 is 0 Å². The average Bonchev–Trinajstić information content (AvgIpc) is 2.37. The van der Waals surface area contributed by atoms with Crippen molar-refractivity contribution in [1.29, 1.82) is 0 Å². The van der Waals surface area contributed by atoms with E-state index in [1.54, 1.807) is 0 Å². The molecule has 7 nitrogen and oxygen atoms in total. The maximum atomic E-state index is 10.9. The van der Waals surface area contributed by atoms with Gasteiger partial charge in [-0.25, -0.2) is 9.59 Å². The molecule has 0 aliphatic carbocycles. The van der Waals surface area contributed by atoms with Crippen molar-refractivity contribution in [1.82, 2.24) is 0 Å². The SMILES string of the molecule is O=Nc1c(O)c(C(=O)O)cc2cc(C(=O)O)ccc12. The predicted molar refractivity (Wildman–Crippen MR) is 65.0 cm³/mol. The summed E-state index contributed by atoms with van der Waals surface area (Å²) in [4.78, 5) is 32.5. The van der Waals surface area contributed by atoms with Gasteiger partial charge in [-0.05, 0) is 28.8 Å². The average molecular weight is 261 g/mol. The molecule has 96 valence electrons. The zero-order valence-electron chi connectivity index (χ0n) is 9.32. The molecule has 0 unspecified atom stereocenters. The van der Waals surface area contributed by atoms with Crippen LogP contribution in [0.5, 0.6) is 5.75 Å². The fraction of sp³-hybridized carbons (Fsp3) is 0. The molecule has 3 N–H and O–H groups in total. The van der Waals surface area contributed by atoms with Crippen LogP contribution in [0.1, 0.15) is 20.7 Å². The number of hydrogen-bond acceptors (Lipinski definition) is 5. The summed E-state index contributed by atoms with van der Waals surface area (Å²) < 4.78 is 0. The minimum absolute atomic E-state index is 0.0635. The number of nitrogens with zero attached hydrogens (tertiary/aromatic N) is 1. The number of hydrogen-bond donors (Lipinski definition) is 3. The molecule has 0 aliphatic rings. The van der Waals surface area contributed by atoms with Gasteiger partial charge in [0.15, 0.2) is 11.4 Å². The maximum absolute atomic E-state index is 10.9. The molecule has 0 bridgehead atoms. The van der Waals surface area contributed by atoms with E-state index in [9.17, 15) is 19.6 Å². The third-order valence-corrected chi connectivity index (χ3v) is 2.65. The standard InChI is InChI=1S/C12H7NO6/c14-10-8(12(17)18)4-6-3-5(11(15)16)1-2-7(6)9(10)13-19/h1-4,14H,(H,15,16)(H,17,18). The zero-order valence-corrected chi connectivity index (χ0v) is 9.32. The summed E-state index contributed by atoms with van der Waals surface area (Å²) in [5.41, 5.74) is -0.997. The van der Waals surface area contributed by atoms with Crippen LogP contribution in [0.2, 0.25) is 0 Å². The highest BCUT2D eigenvalue weighted by molar-refractivity contribution is 6.06. The van der Waals surface area contributed by atoms with Crippen LogP contribution in [0, 0.1) is 4.91 Å². The van der Waals surface area contributed by atoms with Crippen molar-refractivity contribution >= 4 is 28.4 Å². The molecule has 2 aromatic carbocycles. The summed E-state index contributed by atoms with van der Waals surface area (Å²) in [6.07, 6.45) is 0. The smallest absolute Gasteiger partial charge is 0.339 e. The third-order valence-electron chi connectivity index (χ3n) is 2.65. The van der Waals surface area contributed by atoms with Gasteiger partial charge in [-0.15, -0.1) is 4.91 Å². The lowest BCUT2D eigenvalue weighted by molar-refractivity contribution is 0.0685. The Hall–Kier alpha value is -2.96. The summed E-state index contributed by atoms with van der Waals surface area (Å²) in [6.45, 7) is 0. The number of fused-ring (bicyclic) bond motifs is 1. The normalized spacial score (nSPS) is 10.3. The second kappa shape index (κ2) is 4.37. The van der Waals surface area contributed by atoms with E-state index >= 15 is 0 Å². The van der Waals surface area contributed by atoms with Crippen LogP contribution in [0.3, 0.4) is 0 Å². The lowest BCUT2D eigenvalue weighted by Crippen LogP contribution is -1.99. The van der Waals surface area contributed by atoms with Gasteiger partial charge in [0.25, 0.3) is 0 Å². The van der Waals surface area contributed by atoms with E-state index in [-0.39, 0.29) is 16.3 Å². The Kier molecular flexibility index (Phi) is 2.88. The minimum Gasteiger partial charge on any atom is -0.505 e. The van der Waals surface area contributed by atoms with Crippen molar-refractivity contribution < 1.29 is 24.9 Å². The lowest BCUT2D eigenvalue weighted by Gasteiger charge is -2.07. The second-order valence-corrected chi connectivity index (χ2v) is 3.76. The maximum Gasteiger partial charge on any atom is 0.339 e.